The second kappa shape index (κ2) is 4.83. The fourth-order valence-electron chi connectivity index (χ4n) is 2.20. The molecule has 0 spiro atoms. The molecule has 7 heteroatoms. The Bertz CT molecular complexity index is 361. The second-order valence-corrected chi connectivity index (χ2v) is 5.10. The summed E-state index contributed by atoms with van der Waals surface area (Å²) in [5.41, 5.74) is 5.05. The Kier molecular flexibility index (Phi) is 3.56. The summed E-state index contributed by atoms with van der Waals surface area (Å²) < 4.78 is 10.3. The Balaban J connectivity index is 2.01. The fraction of sp³-hybridized carbons (Fsp3) is 0.818. The van der Waals surface area contributed by atoms with Gasteiger partial charge in [0, 0.05) is 6.04 Å². The molecule has 2 fully saturated rings. The zero-order valence-electron chi connectivity index (χ0n) is 10.2. The lowest BCUT2D eigenvalue weighted by Crippen LogP contribution is -2.54. The molecule has 2 aliphatic heterocycles. The second-order valence-electron chi connectivity index (χ2n) is 5.10. The third-order valence-electron chi connectivity index (χ3n) is 3.75. The number of hydrogen-bond donors (Lipinski definition) is 3. The van der Waals surface area contributed by atoms with Gasteiger partial charge < -0.3 is 25.6 Å². The predicted molar refractivity (Wildman–Crippen MR) is 60.8 cm³/mol. The number of carbonyl (C=O) groups excluding carboxylic acids is 1. The number of aliphatic carboxylic acids is 1. The van der Waals surface area contributed by atoms with Gasteiger partial charge in [-0.1, -0.05) is 0 Å². The number of ether oxygens (including phenoxy) is 2. The van der Waals surface area contributed by atoms with Crippen LogP contribution in [0.2, 0.25) is 0 Å². The van der Waals surface area contributed by atoms with Crippen LogP contribution in [0.3, 0.4) is 0 Å². The number of carboxylic acids is 1. The lowest BCUT2D eigenvalue weighted by Gasteiger charge is -2.28. The highest BCUT2D eigenvalue weighted by molar-refractivity contribution is 5.84. The van der Waals surface area contributed by atoms with Gasteiger partial charge in [-0.2, -0.15) is 0 Å². The minimum Gasteiger partial charge on any atom is -0.481 e. The van der Waals surface area contributed by atoms with Crippen molar-refractivity contribution in [2.24, 2.45) is 17.1 Å². The van der Waals surface area contributed by atoms with E-state index in [0.29, 0.717) is 6.61 Å². The number of nitrogens with one attached hydrogen (secondary N) is 1. The van der Waals surface area contributed by atoms with Crippen LogP contribution in [0.25, 0.3) is 0 Å². The van der Waals surface area contributed by atoms with E-state index in [0.717, 1.165) is 0 Å². The minimum absolute atomic E-state index is 0.125. The number of rotatable bonds is 3. The average molecular weight is 258 g/mol. The summed E-state index contributed by atoms with van der Waals surface area (Å²) in [6, 6.07) is -0.872. The molecule has 4 atom stereocenters. The van der Waals surface area contributed by atoms with Crippen LogP contribution in [0.4, 0.5) is 0 Å². The molecule has 2 rings (SSSR count). The number of carbonyl (C=O) groups is 2. The lowest BCUT2D eigenvalue weighted by atomic mass is 9.84. The normalized spacial score (nSPS) is 39.8. The van der Waals surface area contributed by atoms with Gasteiger partial charge in [0.15, 0.2) is 0 Å². The molecule has 1 amide bonds. The maximum absolute atomic E-state index is 12.2. The van der Waals surface area contributed by atoms with E-state index in [9.17, 15) is 9.59 Å². The first-order valence-corrected chi connectivity index (χ1v) is 5.90. The van der Waals surface area contributed by atoms with Crippen LogP contribution in [0, 0.1) is 11.3 Å². The van der Waals surface area contributed by atoms with E-state index in [1.807, 2.05) is 0 Å². The summed E-state index contributed by atoms with van der Waals surface area (Å²) in [4.78, 5) is 23.2. The van der Waals surface area contributed by atoms with Crippen molar-refractivity contribution in [2.45, 2.75) is 19.0 Å². The van der Waals surface area contributed by atoms with E-state index in [2.05, 4.69) is 5.32 Å². The van der Waals surface area contributed by atoms with Crippen molar-refractivity contribution in [1.82, 2.24) is 5.32 Å². The number of nitrogens with two attached hydrogens (primary N) is 1. The monoisotopic (exact) mass is 258 g/mol. The van der Waals surface area contributed by atoms with E-state index in [-0.39, 0.29) is 31.8 Å². The molecule has 0 aliphatic carbocycles. The third-order valence-corrected chi connectivity index (χ3v) is 3.75. The first-order chi connectivity index (χ1) is 8.45. The Morgan fingerprint density at radius 3 is 2.61 bits per heavy atom. The topological polar surface area (TPSA) is 111 Å². The molecule has 18 heavy (non-hydrogen) atoms. The summed E-state index contributed by atoms with van der Waals surface area (Å²) in [6.07, 6.45) is 0. The zero-order valence-corrected chi connectivity index (χ0v) is 10.2. The first kappa shape index (κ1) is 13.3. The molecule has 102 valence electrons. The molecule has 4 unspecified atom stereocenters. The SMILES string of the molecule is CC1(C(=O)NC2COCC2C(=O)O)COCC1N. The van der Waals surface area contributed by atoms with Crippen molar-refractivity contribution < 1.29 is 24.2 Å². The highest BCUT2D eigenvalue weighted by Crippen LogP contribution is 2.28. The molecule has 2 saturated heterocycles. The zero-order chi connectivity index (χ0) is 13.3. The van der Waals surface area contributed by atoms with Crippen molar-refractivity contribution in [3.8, 4) is 0 Å². The van der Waals surface area contributed by atoms with Crippen LogP contribution in [0.15, 0.2) is 0 Å². The molecule has 0 aromatic rings. The summed E-state index contributed by atoms with van der Waals surface area (Å²) >= 11 is 0. The van der Waals surface area contributed by atoms with Crippen molar-refractivity contribution in [3.05, 3.63) is 0 Å². The fourth-order valence-corrected chi connectivity index (χ4v) is 2.20. The third kappa shape index (κ3) is 2.21. The van der Waals surface area contributed by atoms with E-state index in [1.54, 1.807) is 6.92 Å². The molecule has 2 aliphatic rings. The van der Waals surface area contributed by atoms with Crippen molar-refractivity contribution >= 4 is 11.9 Å². The summed E-state index contributed by atoms with van der Waals surface area (Å²) in [5, 5.41) is 11.7. The standard InChI is InChI=1S/C11H18N2O5/c1-11(5-18-4-8(11)12)10(16)13-7-3-17-2-6(7)9(14)15/h6-8H,2-5,12H2,1H3,(H,13,16)(H,14,15). The molecule has 0 bridgehead atoms. The molecule has 0 aromatic carbocycles. The molecule has 2 heterocycles. The Hall–Kier alpha value is -1.18. The highest BCUT2D eigenvalue weighted by atomic mass is 16.5. The molecule has 7 nitrogen and oxygen atoms in total. The van der Waals surface area contributed by atoms with Crippen LogP contribution >= 0.6 is 0 Å². The Morgan fingerprint density at radius 1 is 1.33 bits per heavy atom. The number of amides is 1. The summed E-state index contributed by atoms with van der Waals surface area (Å²) in [7, 11) is 0. The van der Waals surface area contributed by atoms with Gasteiger partial charge in [-0.05, 0) is 6.92 Å². The van der Waals surface area contributed by atoms with E-state index in [4.69, 9.17) is 20.3 Å². The molecule has 0 saturated carbocycles. The average Bonchev–Trinajstić information content (AvgIpc) is 2.88. The van der Waals surface area contributed by atoms with Crippen molar-refractivity contribution in [1.29, 1.82) is 0 Å². The molecule has 0 aromatic heterocycles. The quantitative estimate of drug-likeness (QED) is 0.572. The van der Waals surface area contributed by atoms with Crippen LogP contribution in [0.1, 0.15) is 6.92 Å². The van der Waals surface area contributed by atoms with E-state index >= 15 is 0 Å². The predicted octanol–water partition coefficient (Wildman–Crippen LogP) is -1.43. The maximum atomic E-state index is 12.2. The van der Waals surface area contributed by atoms with Crippen molar-refractivity contribution in [2.75, 3.05) is 26.4 Å². The summed E-state index contributed by atoms with van der Waals surface area (Å²) in [6.45, 7) is 2.67. The molecular formula is C11H18N2O5. The van der Waals surface area contributed by atoms with Gasteiger partial charge in [-0.25, -0.2) is 0 Å². The van der Waals surface area contributed by atoms with Gasteiger partial charge in [0.2, 0.25) is 5.91 Å². The van der Waals surface area contributed by atoms with Gasteiger partial charge in [-0.15, -0.1) is 0 Å². The van der Waals surface area contributed by atoms with Crippen LogP contribution in [-0.4, -0.2) is 55.5 Å². The van der Waals surface area contributed by atoms with Gasteiger partial charge in [0.05, 0.1) is 37.9 Å². The van der Waals surface area contributed by atoms with E-state index in [1.165, 1.54) is 0 Å². The van der Waals surface area contributed by atoms with Crippen molar-refractivity contribution in [3.63, 3.8) is 0 Å². The van der Waals surface area contributed by atoms with Gasteiger partial charge in [-0.3, -0.25) is 9.59 Å². The molecule has 4 N–H and O–H groups in total. The maximum Gasteiger partial charge on any atom is 0.311 e. The molecule has 0 radical (unpaired) electrons. The van der Waals surface area contributed by atoms with Gasteiger partial charge >= 0.3 is 5.97 Å². The van der Waals surface area contributed by atoms with Crippen LogP contribution in [0.5, 0.6) is 0 Å². The molecular weight excluding hydrogens is 240 g/mol. The smallest absolute Gasteiger partial charge is 0.311 e. The summed E-state index contributed by atoms with van der Waals surface area (Å²) in [5.74, 6) is -1.93. The number of carboxylic acid groups (broad SMARTS) is 1. The van der Waals surface area contributed by atoms with Crippen LogP contribution in [-0.2, 0) is 19.1 Å². The van der Waals surface area contributed by atoms with Crippen LogP contribution < -0.4 is 11.1 Å². The first-order valence-electron chi connectivity index (χ1n) is 5.90. The number of hydrogen-bond acceptors (Lipinski definition) is 5. The van der Waals surface area contributed by atoms with Gasteiger partial charge in [0.25, 0.3) is 0 Å². The van der Waals surface area contributed by atoms with E-state index < -0.39 is 23.3 Å². The Morgan fingerprint density at radius 2 is 2.06 bits per heavy atom. The Labute approximate surface area is 105 Å². The van der Waals surface area contributed by atoms with Gasteiger partial charge in [0.1, 0.15) is 5.92 Å². The highest BCUT2D eigenvalue weighted by Gasteiger charge is 2.46. The lowest BCUT2D eigenvalue weighted by molar-refractivity contribution is -0.142. The largest absolute Gasteiger partial charge is 0.481 e. The minimum atomic E-state index is -0.963.